The predicted octanol–water partition coefficient (Wildman–Crippen LogP) is 0.408. The van der Waals surface area contributed by atoms with Crippen molar-refractivity contribution in [3.8, 4) is 0 Å². The highest BCUT2D eigenvalue weighted by Crippen LogP contribution is 2.26. The minimum atomic E-state index is -0.198. The Balaban J connectivity index is 1.63. The summed E-state index contributed by atoms with van der Waals surface area (Å²) in [5.41, 5.74) is 0. The van der Waals surface area contributed by atoms with Crippen molar-refractivity contribution in [3.63, 3.8) is 0 Å². The largest absolute Gasteiger partial charge is 0.339 e. The van der Waals surface area contributed by atoms with Crippen molar-refractivity contribution in [2.24, 2.45) is 11.8 Å². The summed E-state index contributed by atoms with van der Waals surface area (Å²) in [5, 5.41) is 3.23. The maximum absolute atomic E-state index is 12.7. The molecule has 3 aliphatic rings. The maximum atomic E-state index is 12.7. The van der Waals surface area contributed by atoms with Crippen LogP contribution in [0.15, 0.2) is 0 Å². The first kappa shape index (κ1) is 15.2. The van der Waals surface area contributed by atoms with Gasteiger partial charge in [-0.25, -0.2) is 0 Å². The normalized spacial score (nSPS) is 28.3. The molecule has 3 heterocycles. The third-order valence-corrected chi connectivity index (χ3v) is 6.00. The summed E-state index contributed by atoms with van der Waals surface area (Å²) in [5.74, 6) is 2.90. The van der Waals surface area contributed by atoms with Gasteiger partial charge in [-0.2, -0.15) is 11.8 Å². The van der Waals surface area contributed by atoms with E-state index >= 15 is 0 Å². The molecule has 0 radical (unpaired) electrons. The van der Waals surface area contributed by atoms with E-state index in [9.17, 15) is 9.59 Å². The third kappa shape index (κ3) is 3.06. The van der Waals surface area contributed by atoms with E-state index in [-0.39, 0.29) is 23.8 Å². The van der Waals surface area contributed by atoms with Gasteiger partial charge in [-0.3, -0.25) is 9.59 Å². The molecule has 3 saturated heterocycles. The Bertz CT molecular complexity index is 388. The second kappa shape index (κ2) is 6.57. The molecule has 0 spiro atoms. The van der Waals surface area contributed by atoms with Crippen LogP contribution in [0.3, 0.4) is 0 Å². The molecule has 3 fully saturated rings. The molecule has 1 N–H and O–H groups in total. The molecule has 3 rings (SSSR count). The number of rotatable bonds is 3. The van der Waals surface area contributed by atoms with Gasteiger partial charge < -0.3 is 15.1 Å². The van der Waals surface area contributed by atoms with Crippen LogP contribution in [0.5, 0.6) is 0 Å². The molecule has 0 aliphatic carbocycles. The summed E-state index contributed by atoms with van der Waals surface area (Å²) in [7, 11) is 0. The van der Waals surface area contributed by atoms with Crippen LogP contribution in [-0.4, -0.2) is 71.9 Å². The van der Waals surface area contributed by atoms with E-state index in [1.807, 2.05) is 28.5 Å². The van der Waals surface area contributed by atoms with Crippen molar-refractivity contribution in [1.82, 2.24) is 15.1 Å². The Morgan fingerprint density at radius 3 is 2.52 bits per heavy atom. The van der Waals surface area contributed by atoms with Gasteiger partial charge in [-0.15, -0.1) is 0 Å². The fraction of sp³-hybridized carbons (Fsp3) is 0.867. The Morgan fingerprint density at radius 1 is 1.19 bits per heavy atom. The molecule has 6 heteroatoms. The molecule has 5 nitrogen and oxygen atoms in total. The SMILES string of the molecule is CC(C(=O)N1CCCC1C(=O)N1CCSCC1)C1CNC1. The Kier molecular flexibility index (Phi) is 4.74. The highest BCUT2D eigenvalue weighted by Gasteiger charge is 2.40. The molecular formula is C15H25N3O2S. The van der Waals surface area contributed by atoms with Crippen LogP contribution in [0.1, 0.15) is 19.8 Å². The monoisotopic (exact) mass is 311 g/mol. The van der Waals surface area contributed by atoms with Crippen molar-refractivity contribution in [3.05, 3.63) is 0 Å². The lowest BCUT2D eigenvalue weighted by atomic mass is 9.87. The van der Waals surface area contributed by atoms with Gasteiger partial charge in [0, 0.05) is 37.1 Å². The highest BCUT2D eigenvalue weighted by molar-refractivity contribution is 7.99. The van der Waals surface area contributed by atoms with Crippen molar-refractivity contribution >= 4 is 23.6 Å². The number of nitrogens with zero attached hydrogens (tertiary/aromatic N) is 2. The van der Waals surface area contributed by atoms with Gasteiger partial charge >= 0.3 is 0 Å². The van der Waals surface area contributed by atoms with E-state index in [2.05, 4.69) is 5.32 Å². The molecule has 0 aromatic carbocycles. The van der Waals surface area contributed by atoms with Crippen molar-refractivity contribution in [1.29, 1.82) is 0 Å². The number of hydrogen-bond acceptors (Lipinski definition) is 4. The molecule has 0 saturated carbocycles. The van der Waals surface area contributed by atoms with Crippen LogP contribution in [0.4, 0.5) is 0 Å². The van der Waals surface area contributed by atoms with E-state index in [0.29, 0.717) is 5.92 Å². The quantitative estimate of drug-likeness (QED) is 0.820. The topological polar surface area (TPSA) is 52.7 Å². The summed E-state index contributed by atoms with van der Waals surface area (Å²) in [6.07, 6.45) is 1.80. The van der Waals surface area contributed by atoms with E-state index in [0.717, 1.165) is 57.1 Å². The van der Waals surface area contributed by atoms with Gasteiger partial charge in [0.05, 0.1) is 0 Å². The Morgan fingerprint density at radius 2 is 1.90 bits per heavy atom. The minimum Gasteiger partial charge on any atom is -0.339 e. The Labute approximate surface area is 130 Å². The molecule has 2 unspecified atom stereocenters. The molecule has 2 atom stereocenters. The van der Waals surface area contributed by atoms with Crippen LogP contribution in [0.25, 0.3) is 0 Å². The number of amides is 2. The number of hydrogen-bond donors (Lipinski definition) is 1. The van der Waals surface area contributed by atoms with E-state index < -0.39 is 0 Å². The molecule has 118 valence electrons. The molecule has 0 aromatic heterocycles. The van der Waals surface area contributed by atoms with Gasteiger partial charge in [0.25, 0.3) is 0 Å². The zero-order valence-electron chi connectivity index (χ0n) is 12.7. The maximum Gasteiger partial charge on any atom is 0.245 e. The number of nitrogens with one attached hydrogen (secondary N) is 1. The molecule has 2 amide bonds. The molecule has 3 aliphatic heterocycles. The smallest absolute Gasteiger partial charge is 0.245 e. The molecule has 0 aromatic rings. The zero-order valence-corrected chi connectivity index (χ0v) is 13.5. The fourth-order valence-electron chi connectivity index (χ4n) is 3.41. The highest BCUT2D eigenvalue weighted by atomic mass is 32.2. The second-order valence-corrected chi connectivity index (χ2v) is 7.56. The fourth-order valence-corrected chi connectivity index (χ4v) is 4.31. The lowest BCUT2D eigenvalue weighted by Gasteiger charge is -2.37. The number of thioether (sulfide) groups is 1. The van der Waals surface area contributed by atoms with E-state index in [1.165, 1.54) is 0 Å². The summed E-state index contributed by atoms with van der Waals surface area (Å²) in [6.45, 7) is 6.31. The summed E-state index contributed by atoms with van der Waals surface area (Å²) >= 11 is 1.90. The van der Waals surface area contributed by atoms with Crippen LogP contribution in [0, 0.1) is 11.8 Å². The summed E-state index contributed by atoms with van der Waals surface area (Å²) < 4.78 is 0. The van der Waals surface area contributed by atoms with Gasteiger partial charge in [0.2, 0.25) is 11.8 Å². The number of likely N-dealkylation sites (tertiary alicyclic amines) is 1. The molecular weight excluding hydrogens is 286 g/mol. The zero-order chi connectivity index (χ0) is 14.8. The van der Waals surface area contributed by atoms with Gasteiger partial charge in [-0.05, 0) is 31.8 Å². The number of carbonyl (C=O) groups is 2. The summed E-state index contributed by atoms with van der Waals surface area (Å²) in [4.78, 5) is 29.2. The first-order chi connectivity index (χ1) is 10.2. The summed E-state index contributed by atoms with van der Waals surface area (Å²) in [6, 6.07) is -0.198. The van der Waals surface area contributed by atoms with Gasteiger partial charge in [-0.1, -0.05) is 6.92 Å². The first-order valence-corrected chi connectivity index (χ1v) is 9.21. The average molecular weight is 311 g/mol. The van der Waals surface area contributed by atoms with Crippen molar-refractivity contribution in [2.75, 3.05) is 44.2 Å². The van der Waals surface area contributed by atoms with Gasteiger partial charge in [0.15, 0.2) is 0 Å². The minimum absolute atomic E-state index is 0.0385. The van der Waals surface area contributed by atoms with E-state index in [1.54, 1.807) is 0 Å². The van der Waals surface area contributed by atoms with Crippen LogP contribution in [0.2, 0.25) is 0 Å². The first-order valence-electron chi connectivity index (χ1n) is 8.06. The number of carbonyl (C=O) groups excluding carboxylic acids is 2. The van der Waals surface area contributed by atoms with Crippen molar-refractivity contribution < 1.29 is 9.59 Å². The average Bonchev–Trinajstić information content (AvgIpc) is 2.94. The third-order valence-electron chi connectivity index (χ3n) is 5.05. The van der Waals surface area contributed by atoms with Crippen molar-refractivity contribution in [2.45, 2.75) is 25.8 Å². The molecule has 21 heavy (non-hydrogen) atoms. The van der Waals surface area contributed by atoms with Gasteiger partial charge in [0.1, 0.15) is 6.04 Å². The van der Waals surface area contributed by atoms with Crippen LogP contribution in [-0.2, 0) is 9.59 Å². The standard InChI is InChI=1S/C15H25N3O2S/c1-11(12-9-16-10-12)14(19)18-4-2-3-13(18)15(20)17-5-7-21-8-6-17/h11-13,16H,2-10H2,1H3. The lowest BCUT2D eigenvalue weighted by Crippen LogP contribution is -2.54. The van der Waals surface area contributed by atoms with E-state index in [4.69, 9.17) is 0 Å². The second-order valence-electron chi connectivity index (χ2n) is 6.33. The predicted molar refractivity (Wildman–Crippen MR) is 84.2 cm³/mol. The Hall–Kier alpha value is -0.750. The van der Waals surface area contributed by atoms with Crippen LogP contribution < -0.4 is 5.32 Å². The van der Waals surface area contributed by atoms with Crippen LogP contribution >= 0.6 is 11.8 Å². The molecule has 0 bridgehead atoms. The lowest BCUT2D eigenvalue weighted by molar-refractivity contribution is -0.147.